The van der Waals surface area contributed by atoms with Crippen molar-refractivity contribution in [3.8, 4) is 0 Å². The Morgan fingerprint density at radius 3 is 2.68 bits per heavy atom. The number of rotatable bonds is 3. The molecule has 0 radical (unpaired) electrons. The highest BCUT2D eigenvalue weighted by atomic mass is 127. The van der Waals surface area contributed by atoms with Crippen LogP contribution >= 0.6 is 35.6 Å². The van der Waals surface area contributed by atoms with Crippen molar-refractivity contribution in [1.82, 2.24) is 4.90 Å². The third-order valence-corrected chi connectivity index (χ3v) is 5.65. The highest BCUT2D eigenvalue weighted by Crippen LogP contribution is 2.29. The lowest BCUT2D eigenvalue weighted by atomic mass is 10.00. The van der Waals surface area contributed by atoms with Gasteiger partial charge in [0.15, 0.2) is 5.96 Å². The Balaban J connectivity index is 0.00000225. The van der Waals surface area contributed by atoms with Crippen LogP contribution in [0.15, 0.2) is 23.2 Å². The molecule has 140 valence electrons. The second-order valence-electron chi connectivity index (χ2n) is 7.40. The van der Waals surface area contributed by atoms with Gasteiger partial charge in [0.05, 0.1) is 0 Å². The van der Waals surface area contributed by atoms with E-state index in [0.717, 1.165) is 49.6 Å². The highest BCUT2D eigenvalue weighted by molar-refractivity contribution is 14.0. The van der Waals surface area contributed by atoms with Crippen molar-refractivity contribution >= 4 is 47.2 Å². The van der Waals surface area contributed by atoms with E-state index in [1.165, 1.54) is 30.5 Å². The third kappa shape index (κ3) is 5.39. The topological polar surface area (TPSA) is 44.9 Å². The normalized spacial score (nSPS) is 22.2. The second kappa shape index (κ2) is 9.31. The van der Waals surface area contributed by atoms with Gasteiger partial charge in [-0.3, -0.25) is 4.99 Å². The zero-order valence-corrected chi connectivity index (χ0v) is 18.3. The van der Waals surface area contributed by atoms with Crippen LogP contribution in [0.4, 0.5) is 5.69 Å². The molecule has 3 rings (SSSR count). The van der Waals surface area contributed by atoms with Crippen LogP contribution in [0.25, 0.3) is 0 Å². The first-order valence-corrected chi connectivity index (χ1v) is 9.46. The Labute approximate surface area is 173 Å². The summed E-state index contributed by atoms with van der Waals surface area (Å²) in [6.45, 7) is 9.50. The lowest BCUT2D eigenvalue weighted by Gasteiger charge is -2.31. The summed E-state index contributed by atoms with van der Waals surface area (Å²) in [5.41, 5.74) is 8.75. The maximum atomic E-state index is 6.21. The van der Waals surface area contributed by atoms with Crippen LogP contribution in [-0.4, -0.2) is 43.6 Å². The second-order valence-corrected chi connectivity index (χ2v) is 7.84. The van der Waals surface area contributed by atoms with Gasteiger partial charge < -0.3 is 15.5 Å². The van der Waals surface area contributed by atoms with Gasteiger partial charge in [-0.2, -0.15) is 0 Å². The van der Waals surface area contributed by atoms with Crippen molar-refractivity contribution in [2.24, 2.45) is 22.6 Å². The van der Waals surface area contributed by atoms with Crippen LogP contribution in [-0.2, 0) is 0 Å². The molecule has 0 aromatic heterocycles. The SMILES string of the molecule is Cc1ccc(Cl)cc1N1CCC(CN=C(N)N2CCC(C)CC2)C1.I. The molecule has 2 aliphatic rings. The fourth-order valence-electron chi connectivity index (χ4n) is 3.68. The number of halogens is 2. The summed E-state index contributed by atoms with van der Waals surface area (Å²) in [4.78, 5) is 9.37. The number of piperidine rings is 1. The van der Waals surface area contributed by atoms with Gasteiger partial charge in [-0.05, 0) is 55.7 Å². The minimum absolute atomic E-state index is 0. The van der Waals surface area contributed by atoms with E-state index in [0.29, 0.717) is 5.92 Å². The van der Waals surface area contributed by atoms with Crippen LogP contribution in [0.3, 0.4) is 0 Å². The van der Waals surface area contributed by atoms with Crippen LogP contribution in [0.2, 0.25) is 5.02 Å². The number of nitrogens with two attached hydrogens (primary N) is 1. The molecule has 0 aliphatic carbocycles. The molecule has 2 heterocycles. The summed E-state index contributed by atoms with van der Waals surface area (Å²) in [5.74, 6) is 2.13. The van der Waals surface area contributed by atoms with Gasteiger partial charge in [0, 0.05) is 43.4 Å². The molecule has 25 heavy (non-hydrogen) atoms. The van der Waals surface area contributed by atoms with Crippen LogP contribution in [0.1, 0.15) is 31.7 Å². The molecule has 1 atom stereocenters. The van der Waals surface area contributed by atoms with Gasteiger partial charge in [0.2, 0.25) is 0 Å². The van der Waals surface area contributed by atoms with Crippen molar-refractivity contribution < 1.29 is 0 Å². The average molecular weight is 477 g/mol. The third-order valence-electron chi connectivity index (χ3n) is 5.42. The number of hydrogen-bond acceptors (Lipinski definition) is 2. The van der Waals surface area contributed by atoms with Gasteiger partial charge in [-0.15, -0.1) is 24.0 Å². The number of aryl methyl sites for hydroxylation is 1. The molecule has 0 amide bonds. The number of benzene rings is 1. The first-order chi connectivity index (χ1) is 11.5. The predicted octanol–water partition coefficient (Wildman–Crippen LogP) is 4.14. The standard InChI is InChI=1S/C19H29ClN4.HI/c1-14-5-8-23(9-6-14)19(21)22-12-16-7-10-24(13-16)18-11-17(20)4-3-15(18)2;/h3-4,11,14,16H,5-10,12-13H2,1-2H3,(H2,21,22);1H. The molecule has 2 aliphatic heterocycles. The summed E-state index contributed by atoms with van der Waals surface area (Å²) in [6, 6.07) is 6.13. The van der Waals surface area contributed by atoms with E-state index in [-0.39, 0.29) is 24.0 Å². The zero-order valence-electron chi connectivity index (χ0n) is 15.2. The van der Waals surface area contributed by atoms with Gasteiger partial charge in [-0.1, -0.05) is 24.6 Å². The molecule has 6 heteroatoms. The predicted molar refractivity (Wildman–Crippen MR) is 118 cm³/mol. The Morgan fingerprint density at radius 2 is 1.96 bits per heavy atom. The summed E-state index contributed by atoms with van der Waals surface area (Å²) in [6.07, 6.45) is 3.61. The lowest BCUT2D eigenvalue weighted by molar-refractivity contribution is 0.277. The van der Waals surface area contributed by atoms with Crippen molar-refractivity contribution in [2.75, 3.05) is 37.6 Å². The average Bonchev–Trinajstić information content (AvgIpc) is 3.04. The van der Waals surface area contributed by atoms with E-state index in [2.05, 4.69) is 35.8 Å². The van der Waals surface area contributed by atoms with Gasteiger partial charge >= 0.3 is 0 Å². The van der Waals surface area contributed by atoms with Gasteiger partial charge in [0.25, 0.3) is 0 Å². The monoisotopic (exact) mass is 476 g/mol. The number of hydrogen-bond donors (Lipinski definition) is 1. The number of guanidine groups is 1. The molecule has 2 fully saturated rings. The molecule has 1 aromatic rings. The van der Waals surface area contributed by atoms with Crippen molar-refractivity contribution in [1.29, 1.82) is 0 Å². The van der Waals surface area contributed by atoms with E-state index in [1.807, 2.05) is 6.07 Å². The molecule has 1 unspecified atom stereocenters. The zero-order chi connectivity index (χ0) is 17.1. The molecular weight excluding hydrogens is 447 g/mol. The maximum absolute atomic E-state index is 6.21. The van der Waals surface area contributed by atoms with Gasteiger partial charge in [0.1, 0.15) is 0 Å². The first kappa shape index (κ1) is 20.6. The molecule has 2 saturated heterocycles. The molecule has 0 bridgehead atoms. The highest BCUT2D eigenvalue weighted by Gasteiger charge is 2.24. The van der Waals surface area contributed by atoms with Crippen LogP contribution in [0.5, 0.6) is 0 Å². The maximum Gasteiger partial charge on any atom is 0.191 e. The summed E-state index contributed by atoms with van der Waals surface area (Å²) in [7, 11) is 0. The summed E-state index contributed by atoms with van der Waals surface area (Å²) in [5, 5.41) is 0.806. The summed E-state index contributed by atoms with van der Waals surface area (Å²) >= 11 is 6.16. The minimum atomic E-state index is 0. The first-order valence-electron chi connectivity index (χ1n) is 9.09. The van der Waals surface area contributed by atoms with Crippen molar-refractivity contribution in [3.63, 3.8) is 0 Å². The molecular formula is C19H30ClIN4. The number of nitrogens with zero attached hydrogens (tertiary/aromatic N) is 3. The Kier molecular flexibility index (Phi) is 7.68. The molecule has 0 spiro atoms. The molecule has 2 N–H and O–H groups in total. The van der Waals surface area contributed by atoms with Gasteiger partial charge in [-0.25, -0.2) is 0 Å². The number of aliphatic imine (C=N–C) groups is 1. The largest absolute Gasteiger partial charge is 0.371 e. The molecule has 4 nitrogen and oxygen atoms in total. The van der Waals surface area contributed by atoms with Crippen molar-refractivity contribution in [3.05, 3.63) is 28.8 Å². The fraction of sp³-hybridized carbons (Fsp3) is 0.632. The van der Waals surface area contributed by atoms with Crippen LogP contribution < -0.4 is 10.6 Å². The van der Waals surface area contributed by atoms with E-state index in [1.54, 1.807) is 0 Å². The van der Waals surface area contributed by atoms with E-state index in [9.17, 15) is 0 Å². The van der Waals surface area contributed by atoms with Crippen LogP contribution in [0, 0.1) is 18.8 Å². The minimum Gasteiger partial charge on any atom is -0.371 e. The van der Waals surface area contributed by atoms with E-state index >= 15 is 0 Å². The van der Waals surface area contributed by atoms with Crippen molar-refractivity contribution in [2.45, 2.75) is 33.1 Å². The van der Waals surface area contributed by atoms with E-state index in [4.69, 9.17) is 22.3 Å². The Morgan fingerprint density at radius 1 is 1.24 bits per heavy atom. The smallest absolute Gasteiger partial charge is 0.191 e. The molecule has 1 aromatic carbocycles. The summed E-state index contributed by atoms with van der Waals surface area (Å²) < 4.78 is 0. The fourth-order valence-corrected chi connectivity index (χ4v) is 3.85. The number of likely N-dealkylation sites (tertiary alicyclic amines) is 1. The van der Waals surface area contributed by atoms with E-state index < -0.39 is 0 Å². The number of anilines is 1. The molecule has 0 saturated carbocycles. The lowest BCUT2D eigenvalue weighted by Crippen LogP contribution is -2.42. The Hall–Kier alpha value is -0.690. The Bertz CT molecular complexity index is 599. The quantitative estimate of drug-likeness (QED) is 0.405.